The van der Waals surface area contributed by atoms with Crippen LogP contribution in [0.2, 0.25) is 0 Å². The summed E-state index contributed by atoms with van der Waals surface area (Å²) in [5, 5.41) is 5.48. The van der Waals surface area contributed by atoms with Crippen LogP contribution >= 0.6 is 12.2 Å². The molecular weight excluding hydrogens is 382 g/mol. The third-order valence-electron chi connectivity index (χ3n) is 6.67. The third-order valence-corrected chi connectivity index (χ3v) is 7.06. The highest BCUT2D eigenvalue weighted by Gasteiger charge is 2.33. The Bertz CT molecular complexity index is 1190. The summed E-state index contributed by atoms with van der Waals surface area (Å²) in [4.78, 5) is 15.6. The second-order valence-electron chi connectivity index (χ2n) is 8.35. The minimum absolute atomic E-state index is 0.0505. The number of allylic oxidation sites excluding steroid dienone is 1. The van der Waals surface area contributed by atoms with E-state index in [1.807, 2.05) is 33.3 Å². The molecule has 0 bridgehead atoms. The van der Waals surface area contributed by atoms with Gasteiger partial charge in [0.1, 0.15) is 0 Å². The predicted octanol–water partition coefficient (Wildman–Crippen LogP) is 3.98. The molecular formula is C22H27N5OS. The van der Waals surface area contributed by atoms with Crippen LogP contribution in [0.15, 0.2) is 41.7 Å². The van der Waals surface area contributed by atoms with Gasteiger partial charge in [-0.1, -0.05) is 31.1 Å². The molecule has 3 aromatic rings. The average molecular weight is 410 g/mol. The maximum atomic E-state index is 13.0. The smallest absolute Gasteiger partial charge is 0.263 e. The molecule has 2 atom stereocenters. The molecule has 3 heterocycles. The molecule has 7 heteroatoms. The fourth-order valence-corrected chi connectivity index (χ4v) is 5.61. The molecule has 1 aliphatic heterocycles. The van der Waals surface area contributed by atoms with Crippen LogP contribution in [0.4, 0.5) is 0 Å². The van der Waals surface area contributed by atoms with E-state index >= 15 is 0 Å². The Labute approximate surface area is 175 Å². The van der Waals surface area contributed by atoms with Crippen molar-refractivity contribution in [3.63, 3.8) is 0 Å². The molecule has 0 spiro atoms. The highest BCUT2D eigenvalue weighted by atomic mass is 32.1. The molecule has 2 aliphatic rings. The van der Waals surface area contributed by atoms with Crippen molar-refractivity contribution in [2.24, 2.45) is 5.92 Å². The summed E-state index contributed by atoms with van der Waals surface area (Å²) in [5.74, 6) is 1.40. The number of para-hydroxylation sites is 1. The van der Waals surface area contributed by atoms with Crippen LogP contribution in [0.25, 0.3) is 16.7 Å². The van der Waals surface area contributed by atoms with Crippen molar-refractivity contribution in [2.75, 3.05) is 6.54 Å². The summed E-state index contributed by atoms with van der Waals surface area (Å²) in [6, 6.07) is 8.26. The fraction of sp³-hybridized carbons (Fsp3) is 0.500. The number of fused-ring (bicyclic) bond motifs is 4. The van der Waals surface area contributed by atoms with E-state index in [4.69, 9.17) is 17.3 Å². The largest absolute Gasteiger partial charge is 0.281 e. The number of piperidine rings is 1. The van der Waals surface area contributed by atoms with Crippen LogP contribution < -0.4 is 5.56 Å². The lowest BCUT2D eigenvalue weighted by atomic mass is 9.78. The van der Waals surface area contributed by atoms with Crippen molar-refractivity contribution < 1.29 is 0 Å². The summed E-state index contributed by atoms with van der Waals surface area (Å²) >= 11 is 5.85. The average Bonchev–Trinajstić information content (AvgIpc) is 3.07. The number of hydrogen-bond acceptors (Lipinski definition) is 4. The van der Waals surface area contributed by atoms with Crippen molar-refractivity contribution in [2.45, 2.75) is 57.8 Å². The zero-order valence-electron chi connectivity index (χ0n) is 16.7. The van der Waals surface area contributed by atoms with Gasteiger partial charge in [0.2, 0.25) is 10.5 Å². The first kappa shape index (κ1) is 18.8. The van der Waals surface area contributed by atoms with Crippen LogP contribution in [0, 0.1) is 10.7 Å². The first-order chi connectivity index (χ1) is 14.2. The summed E-state index contributed by atoms with van der Waals surface area (Å²) in [5.41, 5.74) is 0.767. The van der Waals surface area contributed by atoms with E-state index < -0.39 is 0 Å². The number of aromatic nitrogens is 4. The lowest BCUT2D eigenvalue weighted by molar-refractivity contribution is 0.0325. The Morgan fingerprint density at radius 1 is 1.17 bits per heavy atom. The fourth-order valence-electron chi connectivity index (χ4n) is 5.33. The summed E-state index contributed by atoms with van der Waals surface area (Å²) in [7, 11) is 0. The van der Waals surface area contributed by atoms with Gasteiger partial charge < -0.3 is 0 Å². The van der Waals surface area contributed by atoms with E-state index in [1.165, 1.54) is 38.5 Å². The zero-order chi connectivity index (χ0) is 20.0. The molecule has 1 aromatic carbocycles. The quantitative estimate of drug-likeness (QED) is 0.483. The molecule has 2 fully saturated rings. The predicted molar refractivity (Wildman–Crippen MR) is 118 cm³/mol. The van der Waals surface area contributed by atoms with E-state index in [1.54, 1.807) is 10.6 Å². The van der Waals surface area contributed by atoms with Gasteiger partial charge in [-0.25, -0.2) is 4.68 Å². The van der Waals surface area contributed by atoms with Gasteiger partial charge in [0.15, 0.2) is 0 Å². The highest BCUT2D eigenvalue weighted by Crippen LogP contribution is 2.35. The van der Waals surface area contributed by atoms with Gasteiger partial charge in [-0.2, -0.15) is 0 Å². The van der Waals surface area contributed by atoms with E-state index in [0.717, 1.165) is 18.0 Å². The second kappa shape index (κ2) is 7.54. The Morgan fingerprint density at radius 2 is 1.97 bits per heavy atom. The Hall–Kier alpha value is -2.25. The van der Waals surface area contributed by atoms with Crippen molar-refractivity contribution >= 4 is 28.9 Å². The molecule has 6 nitrogen and oxygen atoms in total. The maximum absolute atomic E-state index is 13.0. The Kier molecular flexibility index (Phi) is 4.87. The molecule has 152 valence electrons. The number of nitrogens with zero attached hydrogens (tertiary/aromatic N) is 5. The molecule has 1 aliphatic carbocycles. The zero-order valence-corrected chi connectivity index (χ0v) is 17.5. The van der Waals surface area contributed by atoms with Crippen LogP contribution in [0.1, 0.15) is 38.5 Å². The summed E-state index contributed by atoms with van der Waals surface area (Å²) in [6.07, 6.45) is 9.62. The lowest BCUT2D eigenvalue weighted by Crippen LogP contribution is -2.47. The van der Waals surface area contributed by atoms with Crippen molar-refractivity contribution in [1.29, 1.82) is 0 Å². The first-order valence-corrected chi connectivity index (χ1v) is 11.1. The van der Waals surface area contributed by atoms with Gasteiger partial charge in [0, 0.05) is 19.1 Å². The topological polar surface area (TPSA) is 47.5 Å². The van der Waals surface area contributed by atoms with Crippen molar-refractivity contribution in [3.05, 3.63) is 52.0 Å². The second-order valence-corrected chi connectivity index (χ2v) is 8.71. The number of hydrogen-bond donors (Lipinski definition) is 0. The standard InChI is InChI=1S/C22H27N5OS/c1-2-13-25-20(28)17-10-4-6-12-19(17)27-21(25)23-26(22(27)29)15-24-14-7-9-16-8-3-5-11-18(16)24/h2,4,6,10,12,16,18H,1,3,5,7-9,11,13-15H2/t16-,18+/m1/s1. The normalized spacial score (nSPS) is 22.8. The maximum Gasteiger partial charge on any atom is 0.263 e. The molecule has 2 aromatic heterocycles. The molecule has 29 heavy (non-hydrogen) atoms. The van der Waals surface area contributed by atoms with E-state index in [0.29, 0.717) is 35.2 Å². The molecule has 0 unspecified atom stereocenters. The lowest BCUT2D eigenvalue weighted by Gasteiger charge is -2.43. The number of benzene rings is 1. The Balaban J connectivity index is 1.64. The molecule has 1 saturated heterocycles. The first-order valence-electron chi connectivity index (χ1n) is 10.6. The van der Waals surface area contributed by atoms with Gasteiger partial charge >= 0.3 is 0 Å². The van der Waals surface area contributed by atoms with Crippen LogP contribution in [-0.4, -0.2) is 36.2 Å². The van der Waals surface area contributed by atoms with Gasteiger partial charge in [-0.05, 0) is 56.0 Å². The number of rotatable bonds is 4. The molecule has 5 rings (SSSR count). The summed E-state index contributed by atoms with van der Waals surface area (Å²) < 4.78 is 6.17. The minimum atomic E-state index is -0.0505. The molecule has 1 saturated carbocycles. The van der Waals surface area contributed by atoms with Crippen LogP contribution in [0.5, 0.6) is 0 Å². The molecule has 0 amide bonds. The number of likely N-dealkylation sites (tertiary alicyclic amines) is 1. The van der Waals surface area contributed by atoms with Crippen LogP contribution in [0.3, 0.4) is 0 Å². The Morgan fingerprint density at radius 3 is 2.83 bits per heavy atom. The summed E-state index contributed by atoms with van der Waals surface area (Å²) in [6.45, 7) is 6.01. The molecule has 0 radical (unpaired) electrons. The molecule has 0 N–H and O–H groups in total. The SMILES string of the molecule is C=CCn1c(=O)c2ccccc2n2c(=S)n(CN3CCC[C@H]4CCCC[C@@H]43)nc12. The van der Waals surface area contributed by atoms with Crippen molar-refractivity contribution in [3.8, 4) is 0 Å². The van der Waals surface area contributed by atoms with Gasteiger partial charge in [-0.3, -0.25) is 18.7 Å². The van der Waals surface area contributed by atoms with Crippen LogP contribution in [-0.2, 0) is 13.2 Å². The van der Waals surface area contributed by atoms with Gasteiger partial charge in [-0.15, -0.1) is 11.7 Å². The van der Waals surface area contributed by atoms with Crippen molar-refractivity contribution in [1.82, 2.24) is 23.6 Å². The highest BCUT2D eigenvalue weighted by molar-refractivity contribution is 7.71. The van der Waals surface area contributed by atoms with Gasteiger partial charge in [0.25, 0.3) is 5.56 Å². The minimum Gasteiger partial charge on any atom is -0.281 e. The van der Waals surface area contributed by atoms with E-state index in [2.05, 4.69) is 11.5 Å². The van der Waals surface area contributed by atoms with E-state index in [9.17, 15) is 4.79 Å². The third kappa shape index (κ3) is 3.07. The van der Waals surface area contributed by atoms with Gasteiger partial charge in [0.05, 0.1) is 17.6 Å². The monoisotopic (exact) mass is 409 g/mol. The van der Waals surface area contributed by atoms with E-state index in [-0.39, 0.29) is 5.56 Å².